The summed E-state index contributed by atoms with van der Waals surface area (Å²) in [4.78, 5) is 38.6. The fourth-order valence-electron chi connectivity index (χ4n) is 4.57. The Morgan fingerprint density at radius 3 is 2.12 bits per heavy atom. The summed E-state index contributed by atoms with van der Waals surface area (Å²) in [5.74, 6) is -1.59. The number of hydrogen-bond acceptors (Lipinski definition) is 5. The Morgan fingerprint density at radius 1 is 1.03 bits per heavy atom. The number of alkyl carbamates (subject to hydrolysis) is 1. The Kier molecular flexibility index (Phi) is 7.94. The molecule has 0 aromatic heterocycles. The molecule has 2 amide bonds. The Bertz CT molecular complexity index is 1000. The number of rotatable bonds is 10. The molecule has 1 atom stereocenters. The molecule has 8 nitrogen and oxygen atoms in total. The molecule has 0 bridgehead atoms. The van der Waals surface area contributed by atoms with Gasteiger partial charge in [0.2, 0.25) is 5.91 Å². The van der Waals surface area contributed by atoms with E-state index >= 15 is 0 Å². The van der Waals surface area contributed by atoms with Crippen LogP contribution in [0.4, 0.5) is 4.79 Å². The highest BCUT2D eigenvalue weighted by molar-refractivity contribution is 5.86. The molecule has 0 heterocycles. The van der Waals surface area contributed by atoms with Crippen LogP contribution >= 0.6 is 0 Å². The maximum Gasteiger partial charge on any atom is 0.407 e. The van der Waals surface area contributed by atoms with Crippen LogP contribution < -0.4 is 10.6 Å². The first kappa shape index (κ1) is 25.2. The molecular formula is C26H33N3O5. The topological polar surface area (TPSA) is 108 Å². The number of fused-ring (bicyclic) bond motifs is 3. The van der Waals surface area contributed by atoms with Gasteiger partial charge in [0.1, 0.15) is 12.6 Å². The number of aliphatic carboxylic acids is 1. The van der Waals surface area contributed by atoms with Gasteiger partial charge in [0.25, 0.3) is 0 Å². The Labute approximate surface area is 200 Å². The van der Waals surface area contributed by atoms with Crippen LogP contribution in [0.3, 0.4) is 0 Å². The highest BCUT2D eigenvalue weighted by Crippen LogP contribution is 2.44. The van der Waals surface area contributed by atoms with Crippen LogP contribution in [0.5, 0.6) is 0 Å². The quantitative estimate of drug-likeness (QED) is 0.495. The number of nitrogens with zero attached hydrogens (tertiary/aromatic N) is 1. The summed E-state index contributed by atoms with van der Waals surface area (Å²) in [7, 11) is 3.79. The number of amides is 2. The van der Waals surface area contributed by atoms with Crippen molar-refractivity contribution in [3.05, 3.63) is 59.7 Å². The molecule has 0 fully saturated rings. The normalized spacial score (nSPS) is 13.7. The second kappa shape index (κ2) is 10.7. The number of nitrogens with one attached hydrogen (secondary N) is 2. The molecule has 1 unspecified atom stereocenters. The monoisotopic (exact) mass is 467 g/mol. The molecule has 1 aliphatic carbocycles. The zero-order chi connectivity index (χ0) is 24.9. The highest BCUT2D eigenvalue weighted by atomic mass is 16.5. The van der Waals surface area contributed by atoms with E-state index in [1.165, 1.54) is 0 Å². The van der Waals surface area contributed by atoms with Crippen LogP contribution in [0.15, 0.2) is 48.5 Å². The second-order valence-electron chi connectivity index (χ2n) is 9.57. The number of carbonyl (C=O) groups excluding carboxylic acids is 2. The van der Waals surface area contributed by atoms with Gasteiger partial charge in [-0.3, -0.25) is 9.59 Å². The van der Waals surface area contributed by atoms with Gasteiger partial charge in [-0.1, -0.05) is 48.5 Å². The van der Waals surface area contributed by atoms with E-state index in [4.69, 9.17) is 9.84 Å². The standard InChI is InChI=1S/C26H33N3O5/c1-26(2,16-29(3)4)28-24(32)22(13-14-23(30)31)27-25(33)34-15-21-19-11-7-5-9-17(19)18-10-6-8-12-20(18)21/h5-12,21-22H,13-16H2,1-4H3,(H,27,33)(H,28,32)(H,30,31). The minimum absolute atomic E-state index is 0.0383. The fourth-order valence-corrected chi connectivity index (χ4v) is 4.57. The molecule has 0 saturated carbocycles. The second-order valence-corrected chi connectivity index (χ2v) is 9.57. The number of carbonyl (C=O) groups is 3. The molecular weight excluding hydrogens is 434 g/mol. The first-order valence-electron chi connectivity index (χ1n) is 11.4. The highest BCUT2D eigenvalue weighted by Gasteiger charge is 2.31. The van der Waals surface area contributed by atoms with Gasteiger partial charge in [-0.05, 0) is 56.6 Å². The number of carboxylic acids is 1. The lowest BCUT2D eigenvalue weighted by molar-refractivity contribution is -0.137. The van der Waals surface area contributed by atoms with Crippen molar-refractivity contribution in [2.45, 2.75) is 44.2 Å². The van der Waals surface area contributed by atoms with E-state index in [2.05, 4.69) is 22.8 Å². The summed E-state index contributed by atoms with van der Waals surface area (Å²) < 4.78 is 5.54. The van der Waals surface area contributed by atoms with Gasteiger partial charge in [0.15, 0.2) is 0 Å². The van der Waals surface area contributed by atoms with Crippen molar-refractivity contribution in [3.63, 3.8) is 0 Å². The maximum absolute atomic E-state index is 12.9. The van der Waals surface area contributed by atoms with Crippen molar-refractivity contribution < 1.29 is 24.2 Å². The van der Waals surface area contributed by atoms with Gasteiger partial charge in [-0.2, -0.15) is 0 Å². The molecule has 0 radical (unpaired) electrons. The van der Waals surface area contributed by atoms with E-state index in [1.54, 1.807) is 0 Å². The van der Waals surface area contributed by atoms with E-state index in [0.29, 0.717) is 6.54 Å². The largest absolute Gasteiger partial charge is 0.481 e. The Morgan fingerprint density at radius 2 is 1.59 bits per heavy atom. The number of hydrogen-bond donors (Lipinski definition) is 3. The maximum atomic E-state index is 12.9. The van der Waals surface area contributed by atoms with E-state index < -0.39 is 29.6 Å². The molecule has 1 aliphatic rings. The summed E-state index contributed by atoms with van der Waals surface area (Å²) >= 11 is 0. The van der Waals surface area contributed by atoms with Crippen LogP contribution in [-0.4, -0.2) is 66.8 Å². The van der Waals surface area contributed by atoms with Crippen LogP contribution in [-0.2, 0) is 14.3 Å². The van der Waals surface area contributed by atoms with Crippen molar-refractivity contribution >= 4 is 18.0 Å². The molecule has 34 heavy (non-hydrogen) atoms. The van der Waals surface area contributed by atoms with E-state index in [-0.39, 0.29) is 25.4 Å². The van der Waals surface area contributed by atoms with Crippen LogP contribution in [0.25, 0.3) is 11.1 Å². The number of carboxylic acid groups (broad SMARTS) is 1. The van der Waals surface area contributed by atoms with Gasteiger partial charge < -0.3 is 25.4 Å². The van der Waals surface area contributed by atoms with Gasteiger partial charge in [0.05, 0.1) is 0 Å². The molecule has 182 valence electrons. The van der Waals surface area contributed by atoms with E-state index in [0.717, 1.165) is 22.3 Å². The zero-order valence-electron chi connectivity index (χ0n) is 20.1. The molecule has 0 spiro atoms. The van der Waals surface area contributed by atoms with Crippen molar-refractivity contribution in [2.24, 2.45) is 0 Å². The van der Waals surface area contributed by atoms with Crippen molar-refractivity contribution in [1.29, 1.82) is 0 Å². The molecule has 8 heteroatoms. The minimum Gasteiger partial charge on any atom is -0.481 e. The third kappa shape index (κ3) is 6.35. The van der Waals surface area contributed by atoms with Gasteiger partial charge in [-0.15, -0.1) is 0 Å². The predicted molar refractivity (Wildman–Crippen MR) is 130 cm³/mol. The fraction of sp³-hybridized carbons (Fsp3) is 0.423. The Hall–Kier alpha value is -3.39. The number of likely N-dealkylation sites (N-methyl/N-ethyl adjacent to an activating group) is 1. The summed E-state index contributed by atoms with van der Waals surface area (Å²) in [6.45, 7) is 4.42. The molecule has 3 N–H and O–H groups in total. The van der Waals surface area contributed by atoms with Crippen LogP contribution in [0.2, 0.25) is 0 Å². The summed E-state index contributed by atoms with van der Waals surface area (Å²) in [5, 5.41) is 14.5. The average molecular weight is 468 g/mol. The Balaban J connectivity index is 1.66. The summed E-state index contributed by atoms with van der Waals surface area (Å²) in [6.07, 6.45) is -1.04. The van der Waals surface area contributed by atoms with Crippen molar-refractivity contribution in [3.8, 4) is 11.1 Å². The summed E-state index contributed by atoms with van der Waals surface area (Å²) in [6, 6.07) is 15.0. The molecule has 0 saturated heterocycles. The zero-order valence-corrected chi connectivity index (χ0v) is 20.1. The average Bonchev–Trinajstić information content (AvgIpc) is 3.07. The lowest BCUT2D eigenvalue weighted by Crippen LogP contribution is -2.56. The minimum atomic E-state index is -1.04. The molecule has 2 aromatic rings. The molecule has 0 aliphatic heterocycles. The van der Waals surface area contributed by atoms with Crippen molar-refractivity contribution in [2.75, 3.05) is 27.2 Å². The third-order valence-corrected chi connectivity index (χ3v) is 5.77. The smallest absolute Gasteiger partial charge is 0.407 e. The lowest BCUT2D eigenvalue weighted by atomic mass is 9.98. The summed E-state index contributed by atoms with van der Waals surface area (Å²) in [5.41, 5.74) is 3.84. The van der Waals surface area contributed by atoms with E-state index in [9.17, 15) is 14.4 Å². The van der Waals surface area contributed by atoms with E-state index in [1.807, 2.05) is 69.2 Å². The van der Waals surface area contributed by atoms with Gasteiger partial charge in [0, 0.05) is 24.4 Å². The van der Waals surface area contributed by atoms with Gasteiger partial charge in [-0.25, -0.2) is 4.79 Å². The van der Waals surface area contributed by atoms with Crippen molar-refractivity contribution in [1.82, 2.24) is 15.5 Å². The number of benzene rings is 2. The van der Waals surface area contributed by atoms with Crippen LogP contribution in [0.1, 0.15) is 43.7 Å². The third-order valence-electron chi connectivity index (χ3n) is 5.77. The number of ether oxygens (including phenoxy) is 1. The van der Waals surface area contributed by atoms with Crippen LogP contribution in [0, 0.1) is 0 Å². The van der Waals surface area contributed by atoms with Gasteiger partial charge >= 0.3 is 12.1 Å². The first-order chi connectivity index (χ1) is 16.1. The predicted octanol–water partition coefficient (Wildman–Crippen LogP) is 3.21. The first-order valence-corrected chi connectivity index (χ1v) is 11.4. The molecule has 3 rings (SSSR count). The molecule has 2 aromatic carbocycles. The lowest BCUT2D eigenvalue weighted by Gasteiger charge is -2.31. The SMILES string of the molecule is CN(C)CC(C)(C)NC(=O)C(CCC(=O)O)NC(=O)OCC1c2ccccc2-c2ccccc21.